The molecule has 3 aliphatic heterocycles. The first-order valence-electron chi connectivity index (χ1n) is 40.5. The topological polar surface area (TPSA) is 307 Å². The van der Waals surface area contributed by atoms with Gasteiger partial charge in [-0.1, -0.05) is 293 Å². The molecule has 17 atom stereocenters. The minimum atomic E-state index is -1.99. The first-order valence-corrected chi connectivity index (χ1v) is 40.5. The quantitative estimate of drug-likeness (QED) is 0.0199. The van der Waals surface area contributed by atoms with Crippen molar-refractivity contribution in [2.75, 3.05) is 26.4 Å². The molecule has 0 radical (unpaired) electrons. The Bertz CT molecular complexity index is 2040. The van der Waals surface area contributed by atoms with Gasteiger partial charge in [0.25, 0.3) is 0 Å². The van der Waals surface area contributed by atoms with Crippen LogP contribution in [0.3, 0.4) is 0 Å². The normalized spacial score (nSPS) is 26.8. The van der Waals surface area contributed by atoms with E-state index in [9.17, 15) is 61.0 Å². The fraction of sp³-hybridized carbons (Fsp3) is 0.864. The molecule has 1 amide bonds. The maximum absolute atomic E-state index is 13.5. The van der Waals surface area contributed by atoms with Crippen LogP contribution in [0.4, 0.5) is 0 Å². The van der Waals surface area contributed by atoms with Crippen molar-refractivity contribution in [2.24, 2.45) is 0 Å². The lowest BCUT2D eigenvalue weighted by molar-refractivity contribution is -0.379. The molecule has 3 rings (SSSR count). The maximum atomic E-state index is 13.5. The third kappa shape index (κ3) is 41.4. The number of allylic oxidation sites excluding steroid dienone is 9. The van der Waals surface area contributed by atoms with Crippen molar-refractivity contribution in [3.63, 3.8) is 0 Å². The van der Waals surface area contributed by atoms with E-state index in [-0.39, 0.29) is 18.9 Å². The van der Waals surface area contributed by atoms with E-state index in [2.05, 4.69) is 67.8 Å². The highest BCUT2D eigenvalue weighted by molar-refractivity contribution is 5.76. The number of carbonyl (C=O) groups excluding carboxylic acids is 1. The molecule has 584 valence electrons. The van der Waals surface area contributed by atoms with Gasteiger partial charge >= 0.3 is 0 Å². The Morgan fingerprint density at radius 3 is 1.06 bits per heavy atom. The van der Waals surface area contributed by atoms with Crippen LogP contribution in [0.25, 0.3) is 0 Å². The van der Waals surface area contributed by atoms with E-state index >= 15 is 0 Å². The minimum absolute atomic E-state index is 0.228. The summed E-state index contributed by atoms with van der Waals surface area (Å²) in [5.74, 6) is -0.290. The molecular weight excluding hydrogens is 1270 g/mol. The summed E-state index contributed by atoms with van der Waals surface area (Å²) in [4.78, 5) is 13.5. The molecule has 17 unspecified atom stereocenters. The van der Waals surface area contributed by atoms with Gasteiger partial charge in [0.2, 0.25) is 5.91 Å². The minimum Gasteiger partial charge on any atom is -0.394 e. The second-order valence-corrected chi connectivity index (χ2v) is 28.9. The molecule has 3 aliphatic rings. The van der Waals surface area contributed by atoms with E-state index < -0.39 is 124 Å². The number of hydrogen-bond donors (Lipinski definition) is 12. The molecule has 3 saturated heterocycles. The largest absolute Gasteiger partial charge is 0.394 e. The van der Waals surface area contributed by atoms with Crippen LogP contribution in [-0.4, -0.2) is 193 Å². The van der Waals surface area contributed by atoms with E-state index in [0.717, 1.165) is 64.2 Å². The second kappa shape index (κ2) is 61.6. The van der Waals surface area contributed by atoms with E-state index in [1.165, 1.54) is 218 Å². The van der Waals surface area contributed by atoms with Gasteiger partial charge in [0, 0.05) is 6.42 Å². The summed E-state index contributed by atoms with van der Waals surface area (Å²) in [6, 6.07) is -1.00. The fourth-order valence-corrected chi connectivity index (χ4v) is 13.5. The molecule has 19 nitrogen and oxygen atoms in total. The highest BCUT2D eigenvalue weighted by Crippen LogP contribution is 2.33. The number of nitrogens with one attached hydrogen (secondary N) is 1. The Morgan fingerprint density at radius 1 is 0.360 bits per heavy atom. The summed E-state index contributed by atoms with van der Waals surface area (Å²) in [6.45, 7) is 1.73. The van der Waals surface area contributed by atoms with Crippen molar-refractivity contribution in [2.45, 2.75) is 420 Å². The molecule has 100 heavy (non-hydrogen) atoms. The van der Waals surface area contributed by atoms with Gasteiger partial charge in [0.1, 0.15) is 73.2 Å². The lowest BCUT2D eigenvalue weighted by atomic mass is 9.96. The van der Waals surface area contributed by atoms with Crippen molar-refractivity contribution in [1.82, 2.24) is 5.32 Å². The van der Waals surface area contributed by atoms with Gasteiger partial charge in [-0.15, -0.1) is 0 Å². The van der Waals surface area contributed by atoms with Crippen LogP contribution in [0.15, 0.2) is 60.8 Å². The highest BCUT2D eigenvalue weighted by atomic mass is 16.8. The predicted molar refractivity (Wildman–Crippen MR) is 397 cm³/mol. The Balaban J connectivity index is 1.39. The summed E-state index contributed by atoms with van der Waals surface area (Å²) >= 11 is 0. The summed E-state index contributed by atoms with van der Waals surface area (Å²) in [6.07, 6.45) is 52.2. The lowest BCUT2D eigenvalue weighted by Gasteiger charge is -2.48. The van der Waals surface area contributed by atoms with Crippen molar-refractivity contribution in [3.8, 4) is 0 Å². The fourth-order valence-electron chi connectivity index (χ4n) is 13.5. The monoisotopic (exact) mass is 1420 g/mol. The predicted octanol–water partition coefficient (Wildman–Crippen LogP) is 13.5. The first-order chi connectivity index (χ1) is 48.8. The summed E-state index contributed by atoms with van der Waals surface area (Å²) in [7, 11) is 0. The Labute approximate surface area is 605 Å². The molecule has 0 spiro atoms. The summed E-state index contributed by atoms with van der Waals surface area (Å²) < 4.78 is 34.4. The molecule has 19 heteroatoms. The van der Waals surface area contributed by atoms with E-state index in [0.29, 0.717) is 12.8 Å². The molecule has 3 fully saturated rings. The molecule has 3 heterocycles. The summed E-state index contributed by atoms with van der Waals surface area (Å²) in [5.41, 5.74) is 0. The molecule has 0 aromatic heterocycles. The lowest BCUT2D eigenvalue weighted by Crippen LogP contribution is -2.66. The number of amides is 1. The maximum Gasteiger partial charge on any atom is 0.220 e. The van der Waals surface area contributed by atoms with Gasteiger partial charge in [0.05, 0.1) is 38.6 Å². The Hall–Kier alpha value is -2.51. The van der Waals surface area contributed by atoms with Gasteiger partial charge in [-0.3, -0.25) is 4.79 Å². The van der Waals surface area contributed by atoms with Gasteiger partial charge in [-0.2, -0.15) is 0 Å². The van der Waals surface area contributed by atoms with Crippen LogP contribution in [0.1, 0.15) is 316 Å². The van der Waals surface area contributed by atoms with Crippen molar-refractivity contribution in [3.05, 3.63) is 60.8 Å². The number of rotatable bonds is 64. The van der Waals surface area contributed by atoms with Crippen LogP contribution in [0.5, 0.6) is 0 Å². The number of ether oxygens (including phenoxy) is 6. The molecule has 0 saturated carbocycles. The van der Waals surface area contributed by atoms with Crippen LogP contribution in [-0.2, 0) is 33.2 Å². The van der Waals surface area contributed by atoms with Crippen LogP contribution < -0.4 is 5.32 Å². The molecule has 0 aliphatic carbocycles. The zero-order valence-corrected chi connectivity index (χ0v) is 62.4. The Morgan fingerprint density at radius 2 is 0.670 bits per heavy atom. The van der Waals surface area contributed by atoms with Gasteiger partial charge < -0.3 is 89.9 Å². The third-order valence-electron chi connectivity index (χ3n) is 20.0. The molecule has 0 aromatic carbocycles. The summed E-state index contributed by atoms with van der Waals surface area (Å²) in [5, 5.41) is 121. The van der Waals surface area contributed by atoms with Gasteiger partial charge in [0.15, 0.2) is 18.9 Å². The van der Waals surface area contributed by atoms with Crippen LogP contribution in [0, 0.1) is 0 Å². The molecule has 12 N–H and O–H groups in total. The first kappa shape index (κ1) is 91.7. The average molecular weight is 1420 g/mol. The van der Waals surface area contributed by atoms with E-state index in [1.54, 1.807) is 6.08 Å². The SMILES string of the molecule is CCCCCCC/C=C\C/C=C\CCCCCCCCCCCCCC(=O)NC(COC1OC(CO)C(OC2OC(CO)C(OC3OC(CO)C(O)C(O)C3O)C(O)C2O)C(O)C1O)C(O)/C=C/CC/C=C/CC/C=C/CCCCCCCCCCCCCCCCCCCCCCCC. The smallest absolute Gasteiger partial charge is 0.220 e. The van der Waals surface area contributed by atoms with Crippen molar-refractivity contribution in [1.29, 1.82) is 0 Å². The highest BCUT2D eigenvalue weighted by Gasteiger charge is 2.54. The average Bonchev–Trinajstić information content (AvgIpc) is 0.783. The molecule has 0 bridgehead atoms. The van der Waals surface area contributed by atoms with Gasteiger partial charge in [-0.25, -0.2) is 0 Å². The van der Waals surface area contributed by atoms with Crippen molar-refractivity contribution >= 4 is 5.91 Å². The van der Waals surface area contributed by atoms with Crippen molar-refractivity contribution < 1.29 is 89.4 Å². The molecule has 0 aromatic rings. The molecular formula is C81H147NO18. The Kier molecular flexibility index (Phi) is 56.5. The van der Waals surface area contributed by atoms with Crippen LogP contribution in [0.2, 0.25) is 0 Å². The van der Waals surface area contributed by atoms with Crippen LogP contribution >= 0.6 is 0 Å². The second-order valence-electron chi connectivity index (χ2n) is 28.9. The standard InChI is InChI=1S/C81H147NO18/c1-3-5-7-9-11-13-15-17-19-21-23-25-27-28-29-30-31-32-33-34-35-37-38-40-42-44-46-48-50-52-54-56-58-65(86)64(82-69(87)59-57-55-53-51-49-47-45-43-41-39-36-26-24-22-20-18-16-14-12-10-8-6-4-2)63-95-79-75(93)72(90)77(67(61-84)97-79)100-81-76(94)73(91)78(68(62-85)98-81)99-80-74(92)71(89)70(88)66(60-83)96-80/h16,18,22,24,40,42,48,50,56,58,64-68,70-81,83-86,88-94H,3-15,17,19-21,23,25-39,41,43-47,49,51-55,57,59-63H2,1-2H3,(H,82,87)/b18-16-,24-22-,42-40+,50-48+,58-56+. The number of unbranched alkanes of at least 4 members (excludes halogenated alkanes) is 40. The van der Waals surface area contributed by atoms with Gasteiger partial charge in [-0.05, 0) is 77.0 Å². The number of hydrogen-bond acceptors (Lipinski definition) is 18. The number of aliphatic hydroxyl groups excluding tert-OH is 11. The zero-order chi connectivity index (χ0) is 72.5. The number of carbonyl (C=O) groups is 1. The van der Waals surface area contributed by atoms with E-state index in [1.807, 2.05) is 6.08 Å². The number of aliphatic hydroxyl groups is 11. The van der Waals surface area contributed by atoms with E-state index in [4.69, 9.17) is 28.4 Å². The third-order valence-corrected chi connectivity index (χ3v) is 20.0. The zero-order valence-electron chi connectivity index (χ0n) is 62.4.